The summed E-state index contributed by atoms with van der Waals surface area (Å²) in [5, 5.41) is 8.83. The minimum Gasteiger partial charge on any atom is -0.480 e. The van der Waals surface area contributed by atoms with Crippen molar-refractivity contribution in [1.29, 1.82) is 0 Å². The second-order valence-corrected chi connectivity index (χ2v) is 5.83. The Labute approximate surface area is 124 Å². The maximum absolute atomic E-state index is 12.3. The normalized spacial score (nSPS) is 16.2. The highest BCUT2D eigenvalue weighted by Crippen LogP contribution is 2.36. The van der Waals surface area contributed by atoms with Gasteiger partial charge in [0.1, 0.15) is 13.1 Å². The minimum absolute atomic E-state index is 0.0635. The number of aliphatic carboxylic acids is 1. The van der Waals surface area contributed by atoms with Crippen LogP contribution in [-0.2, 0) is 9.59 Å². The summed E-state index contributed by atoms with van der Waals surface area (Å²) in [6.07, 6.45) is 3.10. The number of carboxylic acids is 1. The van der Waals surface area contributed by atoms with Crippen LogP contribution >= 0.6 is 0 Å². The highest BCUT2D eigenvalue weighted by molar-refractivity contribution is 5.85. The summed E-state index contributed by atoms with van der Waals surface area (Å²) in [5.74, 6) is -1.91. The van der Waals surface area contributed by atoms with E-state index >= 15 is 0 Å². The smallest absolute Gasteiger partial charge is 0.323 e. The van der Waals surface area contributed by atoms with Gasteiger partial charge in [0, 0.05) is 19.1 Å². The van der Waals surface area contributed by atoms with Crippen LogP contribution in [0.4, 0.5) is 4.79 Å². The van der Waals surface area contributed by atoms with Crippen LogP contribution in [0.25, 0.3) is 0 Å². The van der Waals surface area contributed by atoms with E-state index in [0.717, 1.165) is 24.2 Å². The zero-order valence-electron chi connectivity index (χ0n) is 12.8. The van der Waals surface area contributed by atoms with Crippen molar-refractivity contribution < 1.29 is 19.5 Å². The van der Waals surface area contributed by atoms with Crippen LogP contribution in [0.15, 0.2) is 0 Å². The van der Waals surface area contributed by atoms with E-state index in [1.54, 1.807) is 7.05 Å². The van der Waals surface area contributed by atoms with E-state index in [9.17, 15) is 14.4 Å². The first-order valence-corrected chi connectivity index (χ1v) is 6.85. The largest absolute Gasteiger partial charge is 0.480 e. The molecule has 8 nitrogen and oxygen atoms in total. The van der Waals surface area contributed by atoms with Crippen molar-refractivity contribution in [3.63, 3.8) is 0 Å². The Morgan fingerprint density at radius 1 is 1.14 bits per heavy atom. The van der Waals surface area contributed by atoms with Crippen molar-refractivity contribution in [1.82, 2.24) is 14.7 Å². The number of urea groups is 1. The average Bonchev–Trinajstić information content (AvgIpc) is 2.29. The molecule has 0 saturated heterocycles. The van der Waals surface area contributed by atoms with E-state index in [1.165, 1.54) is 4.90 Å². The number of carbonyl (C=O) groups is 3. The van der Waals surface area contributed by atoms with Crippen molar-refractivity contribution in [2.75, 3.05) is 40.8 Å². The molecule has 0 aromatic carbocycles. The van der Waals surface area contributed by atoms with Crippen molar-refractivity contribution in [3.05, 3.63) is 0 Å². The van der Waals surface area contributed by atoms with Crippen LogP contribution in [-0.4, -0.2) is 84.0 Å². The molecule has 0 radical (unpaired) electrons. The van der Waals surface area contributed by atoms with Gasteiger partial charge in [-0.25, -0.2) is 4.79 Å². The number of primary amides is 1. The molecule has 0 unspecified atom stereocenters. The van der Waals surface area contributed by atoms with Gasteiger partial charge in [-0.1, -0.05) is 0 Å². The van der Waals surface area contributed by atoms with Crippen LogP contribution in [0.2, 0.25) is 0 Å². The summed E-state index contributed by atoms with van der Waals surface area (Å²) in [4.78, 5) is 38.6. The molecule has 0 atom stereocenters. The second-order valence-electron chi connectivity index (χ2n) is 5.83. The molecule has 0 aromatic heterocycles. The van der Waals surface area contributed by atoms with E-state index in [2.05, 4.69) is 4.90 Å². The summed E-state index contributed by atoms with van der Waals surface area (Å²) in [7, 11) is 5.55. The van der Waals surface area contributed by atoms with Gasteiger partial charge in [0.25, 0.3) is 0 Å². The first kappa shape index (κ1) is 17.2. The number of nitrogens with zero attached hydrogens (tertiary/aromatic N) is 3. The fourth-order valence-electron chi connectivity index (χ4n) is 2.62. The van der Waals surface area contributed by atoms with Crippen molar-refractivity contribution in [2.24, 2.45) is 5.73 Å². The number of nitrogens with two attached hydrogens (primary N) is 1. The molecule has 1 rings (SSSR count). The standard InChI is InChI=1S/C13H24N4O4/c1-15(2)13(5-4-6-13)9-16(3)12(21)17(7-10(14)18)8-11(19)20/h4-9H2,1-3H3,(H2,14,18)(H,19,20). The number of rotatable bonds is 7. The Bertz CT molecular complexity index is 404. The van der Waals surface area contributed by atoms with Crippen LogP contribution in [0.5, 0.6) is 0 Å². The highest BCUT2D eigenvalue weighted by atomic mass is 16.4. The number of hydrogen-bond acceptors (Lipinski definition) is 4. The van der Waals surface area contributed by atoms with Gasteiger partial charge < -0.3 is 25.5 Å². The molecule has 21 heavy (non-hydrogen) atoms. The van der Waals surface area contributed by atoms with Gasteiger partial charge in [-0.05, 0) is 33.4 Å². The molecular weight excluding hydrogens is 276 g/mol. The molecule has 1 aliphatic carbocycles. The lowest BCUT2D eigenvalue weighted by atomic mass is 9.75. The number of hydrogen-bond donors (Lipinski definition) is 2. The van der Waals surface area contributed by atoms with Crippen LogP contribution in [0.1, 0.15) is 19.3 Å². The molecule has 8 heteroatoms. The Hall–Kier alpha value is -1.83. The molecule has 1 fully saturated rings. The number of carboxylic acid groups (broad SMARTS) is 1. The van der Waals surface area contributed by atoms with E-state index in [-0.39, 0.29) is 5.54 Å². The van der Waals surface area contributed by atoms with E-state index in [1.807, 2.05) is 14.1 Å². The van der Waals surface area contributed by atoms with Gasteiger partial charge >= 0.3 is 12.0 Å². The van der Waals surface area contributed by atoms with E-state index in [4.69, 9.17) is 10.8 Å². The van der Waals surface area contributed by atoms with E-state index < -0.39 is 31.0 Å². The SMILES string of the molecule is CN(CC1(N(C)C)CCC1)C(=O)N(CC(N)=O)CC(=O)O. The molecule has 1 aliphatic rings. The molecule has 3 amide bonds. The summed E-state index contributed by atoms with van der Waals surface area (Å²) in [5.41, 5.74) is 5.00. The van der Waals surface area contributed by atoms with Gasteiger partial charge in [-0.3, -0.25) is 9.59 Å². The van der Waals surface area contributed by atoms with Crippen molar-refractivity contribution in [3.8, 4) is 0 Å². The molecule has 0 aromatic rings. The Balaban J connectivity index is 2.73. The highest BCUT2D eigenvalue weighted by Gasteiger charge is 2.41. The second kappa shape index (κ2) is 6.75. The lowest BCUT2D eigenvalue weighted by molar-refractivity contribution is -0.138. The maximum atomic E-state index is 12.3. The average molecular weight is 300 g/mol. The van der Waals surface area contributed by atoms with Gasteiger partial charge in [0.05, 0.1) is 0 Å². The first-order valence-electron chi connectivity index (χ1n) is 6.85. The van der Waals surface area contributed by atoms with Gasteiger partial charge in [0.15, 0.2) is 0 Å². The van der Waals surface area contributed by atoms with Crippen LogP contribution < -0.4 is 5.73 Å². The molecule has 120 valence electrons. The van der Waals surface area contributed by atoms with Gasteiger partial charge in [-0.15, -0.1) is 0 Å². The molecule has 0 bridgehead atoms. The third-order valence-corrected chi connectivity index (χ3v) is 4.03. The summed E-state index contributed by atoms with van der Waals surface area (Å²) in [6, 6.07) is -0.496. The Morgan fingerprint density at radius 2 is 1.71 bits per heavy atom. The van der Waals surface area contributed by atoms with Crippen LogP contribution in [0, 0.1) is 0 Å². The first-order chi connectivity index (χ1) is 9.68. The third kappa shape index (κ3) is 4.32. The zero-order chi connectivity index (χ0) is 16.2. The predicted octanol–water partition coefficient (Wildman–Crippen LogP) is -0.606. The lowest BCUT2D eigenvalue weighted by Crippen LogP contribution is -2.59. The molecule has 1 saturated carbocycles. The maximum Gasteiger partial charge on any atom is 0.323 e. The van der Waals surface area contributed by atoms with Crippen molar-refractivity contribution in [2.45, 2.75) is 24.8 Å². The molecule has 0 heterocycles. The summed E-state index contributed by atoms with van der Waals surface area (Å²) < 4.78 is 0. The molecule has 0 aliphatic heterocycles. The Morgan fingerprint density at radius 3 is 2.05 bits per heavy atom. The van der Waals surface area contributed by atoms with Crippen LogP contribution in [0.3, 0.4) is 0 Å². The lowest BCUT2D eigenvalue weighted by Gasteiger charge is -2.49. The monoisotopic (exact) mass is 300 g/mol. The zero-order valence-corrected chi connectivity index (χ0v) is 12.8. The number of carbonyl (C=O) groups excluding carboxylic acids is 2. The number of likely N-dealkylation sites (N-methyl/N-ethyl adjacent to an activating group) is 2. The topological polar surface area (TPSA) is 107 Å². The fraction of sp³-hybridized carbons (Fsp3) is 0.769. The quantitative estimate of drug-likeness (QED) is 0.652. The Kier molecular flexibility index (Phi) is 5.54. The molecule has 3 N–H and O–H groups in total. The molecule has 0 spiro atoms. The van der Waals surface area contributed by atoms with Gasteiger partial charge in [0.2, 0.25) is 5.91 Å². The van der Waals surface area contributed by atoms with Gasteiger partial charge in [-0.2, -0.15) is 0 Å². The van der Waals surface area contributed by atoms with E-state index in [0.29, 0.717) is 6.54 Å². The fourth-order valence-corrected chi connectivity index (χ4v) is 2.62. The number of amides is 3. The summed E-state index contributed by atoms with van der Waals surface area (Å²) in [6.45, 7) is -0.445. The summed E-state index contributed by atoms with van der Waals surface area (Å²) >= 11 is 0. The minimum atomic E-state index is -1.18. The van der Waals surface area contributed by atoms with Crippen molar-refractivity contribution >= 4 is 17.9 Å². The predicted molar refractivity (Wildman–Crippen MR) is 76.7 cm³/mol. The molecular formula is C13H24N4O4. The third-order valence-electron chi connectivity index (χ3n) is 4.03.